The second-order valence-electron chi connectivity index (χ2n) is 2.85. The summed E-state index contributed by atoms with van der Waals surface area (Å²) >= 11 is 3.13. The predicted octanol–water partition coefficient (Wildman–Crippen LogP) is 0.514. The minimum absolute atomic E-state index is 0.275. The summed E-state index contributed by atoms with van der Waals surface area (Å²) in [7, 11) is 0. The quantitative estimate of drug-likeness (QED) is 0.700. The third kappa shape index (κ3) is 5.74. The minimum atomic E-state index is -0.619. The van der Waals surface area contributed by atoms with E-state index in [0.29, 0.717) is 0 Å². The normalized spacial score (nSPS) is 10.0. The first-order valence-corrected chi connectivity index (χ1v) is 6.51. The molecule has 0 fully saturated rings. The van der Waals surface area contributed by atoms with E-state index >= 15 is 0 Å². The van der Waals surface area contributed by atoms with Gasteiger partial charge in [0.2, 0.25) is 5.91 Å². The fraction of sp³-hybridized carbons (Fsp3) is 0.333. The third-order valence-corrected chi connectivity index (χ3v) is 3.50. The van der Waals surface area contributed by atoms with E-state index < -0.39 is 5.91 Å². The van der Waals surface area contributed by atoms with Crippen molar-refractivity contribution in [1.82, 2.24) is 5.48 Å². The maximum atomic E-state index is 11.1. The molecule has 1 heterocycles. The van der Waals surface area contributed by atoms with Crippen molar-refractivity contribution in [3.8, 4) is 0 Å². The van der Waals surface area contributed by atoms with Crippen LogP contribution in [0, 0.1) is 0 Å². The molecule has 0 spiro atoms. The summed E-state index contributed by atoms with van der Waals surface area (Å²) in [6.07, 6.45) is 0. The Kier molecular flexibility index (Phi) is 5.91. The molecular weight excluding hydrogens is 248 g/mol. The highest BCUT2D eigenvalue weighted by Gasteiger charge is 2.03. The van der Waals surface area contributed by atoms with E-state index in [0.717, 1.165) is 5.75 Å². The van der Waals surface area contributed by atoms with E-state index in [-0.39, 0.29) is 18.3 Å². The van der Waals surface area contributed by atoms with Crippen LogP contribution in [0.1, 0.15) is 4.88 Å². The summed E-state index contributed by atoms with van der Waals surface area (Å²) < 4.78 is 0. The van der Waals surface area contributed by atoms with E-state index in [1.54, 1.807) is 11.3 Å². The SMILES string of the molecule is NC(=O)CONC(=O)CSCc1cccs1. The molecular formula is C9H12N2O3S2. The molecule has 88 valence electrons. The van der Waals surface area contributed by atoms with E-state index in [1.165, 1.54) is 16.6 Å². The topological polar surface area (TPSA) is 81.4 Å². The Hall–Kier alpha value is -1.05. The fourth-order valence-electron chi connectivity index (χ4n) is 0.856. The molecule has 3 N–H and O–H groups in total. The second kappa shape index (κ2) is 7.26. The highest BCUT2D eigenvalue weighted by Crippen LogP contribution is 2.16. The molecule has 0 bridgehead atoms. The monoisotopic (exact) mass is 260 g/mol. The average Bonchev–Trinajstić information content (AvgIpc) is 2.70. The van der Waals surface area contributed by atoms with Crippen LogP contribution in [0.2, 0.25) is 0 Å². The maximum absolute atomic E-state index is 11.1. The number of amides is 2. The van der Waals surface area contributed by atoms with Crippen LogP contribution >= 0.6 is 23.1 Å². The van der Waals surface area contributed by atoms with Crippen LogP contribution in [0.4, 0.5) is 0 Å². The predicted molar refractivity (Wildman–Crippen MR) is 63.8 cm³/mol. The zero-order chi connectivity index (χ0) is 11.8. The van der Waals surface area contributed by atoms with Crippen molar-refractivity contribution in [2.75, 3.05) is 12.4 Å². The highest BCUT2D eigenvalue weighted by molar-refractivity contribution is 7.99. The van der Waals surface area contributed by atoms with Gasteiger partial charge in [0.25, 0.3) is 5.91 Å². The Morgan fingerprint density at radius 3 is 3.00 bits per heavy atom. The minimum Gasteiger partial charge on any atom is -0.368 e. The standard InChI is InChI=1S/C9H12N2O3S2/c10-8(12)4-14-11-9(13)6-15-5-7-2-1-3-16-7/h1-3H,4-6H2,(H2,10,12)(H,11,13). The number of nitrogens with one attached hydrogen (secondary N) is 1. The van der Waals surface area contributed by atoms with Crippen molar-refractivity contribution in [1.29, 1.82) is 0 Å². The number of thiophene rings is 1. The summed E-state index contributed by atoms with van der Waals surface area (Å²) in [6, 6.07) is 3.98. The van der Waals surface area contributed by atoms with Gasteiger partial charge in [-0.05, 0) is 11.4 Å². The number of primary amides is 1. The second-order valence-corrected chi connectivity index (χ2v) is 4.87. The van der Waals surface area contributed by atoms with Gasteiger partial charge < -0.3 is 5.73 Å². The molecule has 0 aliphatic rings. The number of carbonyl (C=O) groups is 2. The molecule has 0 saturated carbocycles. The number of thioether (sulfide) groups is 1. The van der Waals surface area contributed by atoms with Gasteiger partial charge in [-0.2, -0.15) is 0 Å². The maximum Gasteiger partial charge on any atom is 0.253 e. The van der Waals surface area contributed by atoms with Crippen molar-refractivity contribution in [3.05, 3.63) is 22.4 Å². The third-order valence-electron chi connectivity index (χ3n) is 1.46. The lowest BCUT2D eigenvalue weighted by Gasteiger charge is -2.03. The fourth-order valence-corrected chi connectivity index (χ4v) is 2.51. The largest absolute Gasteiger partial charge is 0.368 e. The molecule has 1 aromatic heterocycles. The molecule has 0 aliphatic heterocycles. The molecule has 0 aliphatic carbocycles. The van der Waals surface area contributed by atoms with E-state index in [9.17, 15) is 9.59 Å². The van der Waals surface area contributed by atoms with Crippen molar-refractivity contribution in [2.24, 2.45) is 5.73 Å². The molecule has 2 amide bonds. The summed E-state index contributed by atoms with van der Waals surface area (Å²) in [6.45, 7) is -0.304. The summed E-state index contributed by atoms with van der Waals surface area (Å²) in [5.41, 5.74) is 6.96. The van der Waals surface area contributed by atoms with Crippen LogP contribution in [0.25, 0.3) is 0 Å². The van der Waals surface area contributed by atoms with Crippen molar-refractivity contribution in [2.45, 2.75) is 5.75 Å². The number of nitrogens with two attached hydrogens (primary N) is 1. The molecule has 0 radical (unpaired) electrons. The van der Waals surface area contributed by atoms with Gasteiger partial charge in [-0.25, -0.2) is 5.48 Å². The first kappa shape index (κ1) is 13.0. The molecule has 5 nitrogen and oxygen atoms in total. The average molecular weight is 260 g/mol. The summed E-state index contributed by atoms with van der Waals surface area (Å²) in [5, 5.41) is 1.99. The molecule has 0 saturated heterocycles. The molecule has 0 atom stereocenters. The Morgan fingerprint density at radius 2 is 2.38 bits per heavy atom. The van der Waals surface area contributed by atoms with Gasteiger partial charge in [-0.3, -0.25) is 14.4 Å². The zero-order valence-electron chi connectivity index (χ0n) is 8.47. The lowest BCUT2D eigenvalue weighted by atomic mass is 10.5. The zero-order valence-corrected chi connectivity index (χ0v) is 10.1. The molecule has 1 rings (SSSR count). The van der Waals surface area contributed by atoms with E-state index in [1.807, 2.05) is 17.5 Å². The number of carbonyl (C=O) groups excluding carboxylic acids is 2. The van der Waals surface area contributed by atoms with Crippen LogP contribution < -0.4 is 11.2 Å². The smallest absolute Gasteiger partial charge is 0.253 e. The van der Waals surface area contributed by atoms with E-state index in [4.69, 9.17) is 5.73 Å². The van der Waals surface area contributed by atoms with Gasteiger partial charge in [-0.1, -0.05) is 6.07 Å². The van der Waals surface area contributed by atoms with Gasteiger partial charge in [0, 0.05) is 10.6 Å². The summed E-state index contributed by atoms with van der Waals surface area (Å²) in [4.78, 5) is 27.2. The van der Waals surface area contributed by atoms with Crippen LogP contribution in [0.5, 0.6) is 0 Å². The Labute approximate surface area is 101 Å². The molecule has 1 aromatic rings. The first-order chi connectivity index (χ1) is 7.68. The lowest BCUT2D eigenvalue weighted by Crippen LogP contribution is -2.30. The highest BCUT2D eigenvalue weighted by atomic mass is 32.2. The molecule has 0 aromatic carbocycles. The van der Waals surface area contributed by atoms with Gasteiger partial charge in [0.15, 0.2) is 6.61 Å². The van der Waals surface area contributed by atoms with Crippen LogP contribution in [0.15, 0.2) is 17.5 Å². The van der Waals surface area contributed by atoms with Crippen molar-refractivity contribution >= 4 is 34.9 Å². The lowest BCUT2D eigenvalue weighted by molar-refractivity contribution is -0.135. The van der Waals surface area contributed by atoms with E-state index in [2.05, 4.69) is 10.3 Å². The van der Waals surface area contributed by atoms with Crippen molar-refractivity contribution in [3.63, 3.8) is 0 Å². The van der Waals surface area contributed by atoms with Crippen molar-refractivity contribution < 1.29 is 14.4 Å². The van der Waals surface area contributed by atoms with Crippen LogP contribution in [-0.2, 0) is 20.2 Å². The van der Waals surface area contributed by atoms with Gasteiger partial charge in [0.1, 0.15) is 0 Å². The van der Waals surface area contributed by atoms with Gasteiger partial charge >= 0.3 is 0 Å². The number of hydrogen-bond donors (Lipinski definition) is 2. The Bertz CT molecular complexity index is 341. The Balaban J connectivity index is 2.04. The number of hydrogen-bond acceptors (Lipinski definition) is 5. The van der Waals surface area contributed by atoms with Crippen LogP contribution in [-0.4, -0.2) is 24.2 Å². The Morgan fingerprint density at radius 1 is 1.56 bits per heavy atom. The molecule has 0 unspecified atom stereocenters. The van der Waals surface area contributed by atoms with Crippen LogP contribution in [0.3, 0.4) is 0 Å². The summed E-state index contributed by atoms with van der Waals surface area (Å²) in [5.74, 6) is 0.187. The molecule has 16 heavy (non-hydrogen) atoms. The van der Waals surface area contributed by atoms with Gasteiger partial charge in [0.05, 0.1) is 5.75 Å². The molecule has 7 heteroatoms. The number of hydroxylamine groups is 1. The first-order valence-electron chi connectivity index (χ1n) is 4.47. The van der Waals surface area contributed by atoms with Gasteiger partial charge in [-0.15, -0.1) is 23.1 Å². The number of rotatable bonds is 7.